The number of nitrogens with zero attached hydrogens (tertiary/aromatic N) is 4. The molecule has 0 spiro atoms. The number of anilines is 2. The Morgan fingerprint density at radius 3 is 2.79 bits per heavy atom. The molecule has 1 aromatic carbocycles. The number of hydrogen-bond donors (Lipinski definition) is 3. The van der Waals surface area contributed by atoms with Gasteiger partial charge in [0.25, 0.3) is 6.43 Å². The fourth-order valence-corrected chi connectivity index (χ4v) is 3.44. The van der Waals surface area contributed by atoms with Gasteiger partial charge in [0.2, 0.25) is 5.95 Å². The molecule has 3 rings (SSSR count). The first kappa shape index (κ1) is 21.5. The minimum Gasteiger partial charge on any atom is -0.403 e. The van der Waals surface area contributed by atoms with Crippen LogP contribution in [0.1, 0.15) is 12.8 Å². The lowest BCUT2D eigenvalue weighted by molar-refractivity contribution is 0.145. The van der Waals surface area contributed by atoms with Gasteiger partial charge in [-0.2, -0.15) is 0 Å². The second-order valence-electron chi connectivity index (χ2n) is 6.50. The van der Waals surface area contributed by atoms with Crippen molar-refractivity contribution >= 4 is 50.9 Å². The van der Waals surface area contributed by atoms with E-state index in [0.29, 0.717) is 36.5 Å². The number of fused-ring (bicyclic) bond motifs is 1. The monoisotopic (exact) mass is 444 g/mol. The Morgan fingerprint density at radius 1 is 1.41 bits per heavy atom. The van der Waals surface area contributed by atoms with Crippen LogP contribution in [0.4, 0.5) is 20.4 Å². The largest absolute Gasteiger partial charge is 0.403 e. The van der Waals surface area contributed by atoms with Crippen LogP contribution < -0.4 is 16.0 Å². The number of nitrogens with two attached hydrogens (primary N) is 1. The van der Waals surface area contributed by atoms with Crippen LogP contribution in [-0.2, 0) is 0 Å². The number of halogens is 4. The molecule has 1 aliphatic heterocycles. The number of alkyl halides is 2. The molecular formula is C18H20Cl2F2N6O. The lowest BCUT2D eigenvalue weighted by Crippen LogP contribution is -2.35. The van der Waals surface area contributed by atoms with E-state index in [-0.39, 0.29) is 22.9 Å². The summed E-state index contributed by atoms with van der Waals surface area (Å²) >= 11 is 12.4. The quantitative estimate of drug-likeness (QED) is 0.590. The van der Waals surface area contributed by atoms with Crippen LogP contribution in [0.5, 0.6) is 0 Å². The zero-order valence-corrected chi connectivity index (χ0v) is 16.8. The third kappa shape index (κ3) is 5.43. The van der Waals surface area contributed by atoms with Crippen molar-refractivity contribution in [3.05, 3.63) is 35.2 Å². The number of allylic oxidation sites excluding steroid dienone is 1. The van der Waals surface area contributed by atoms with Gasteiger partial charge in [-0.15, -0.1) is 0 Å². The summed E-state index contributed by atoms with van der Waals surface area (Å²) in [6, 6.07) is 3.62. The Labute approximate surface area is 176 Å². The van der Waals surface area contributed by atoms with E-state index in [0.717, 1.165) is 17.3 Å². The summed E-state index contributed by atoms with van der Waals surface area (Å²) in [7, 11) is 0. The van der Waals surface area contributed by atoms with Crippen LogP contribution in [0.15, 0.2) is 35.2 Å². The lowest BCUT2D eigenvalue weighted by atomic mass is 10.1. The van der Waals surface area contributed by atoms with Crippen LogP contribution in [0.2, 0.25) is 5.02 Å². The number of aliphatic hydroxyl groups excluding tert-OH is 1. The molecule has 0 unspecified atom stereocenters. The number of aliphatic imine (C=N–C) groups is 1. The van der Waals surface area contributed by atoms with E-state index in [2.05, 4.69) is 25.2 Å². The van der Waals surface area contributed by atoms with Crippen molar-refractivity contribution < 1.29 is 13.9 Å². The van der Waals surface area contributed by atoms with Gasteiger partial charge in [0.1, 0.15) is 11.7 Å². The lowest BCUT2D eigenvalue weighted by Gasteiger charge is -2.32. The number of nitrogens with one attached hydrogen (secondary N) is 1. The average Bonchev–Trinajstić information content (AvgIpc) is 2.70. The maximum atomic E-state index is 12.3. The highest BCUT2D eigenvalue weighted by Gasteiger charge is 2.20. The van der Waals surface area contributed by atoms with Crippen molar-refractivity contribution in [1.29, 1.82) is 0 Å². The van der Waals surface area contributed by atoms with Crippen molar-refractivity contribution in [1.82, 2.24) is 9.97 Å². The Kier molecular flexibility index (Phi) is 7.05. The van der Waals surface area contributed by atoms with Crippen LogP contribution in [0, 0.1) is 0 Å². The molecule has 1 fully saturated rings. The maximum absolute atomic E-state index is 12.3. The predicted octanol–water partition coefficient (Wildman–Crippen LogP) is 3.36. The molecule has 1 saturated heterocycles. The molecule has 0 saturated carbocycles. The smallest absolute Gasteiger partial charge is 0.257 e. The summed E-state index contributed by atoms with van der Waals surface area (Å²) in [5.41, 5.74) is 7.08. The normalized spacial score (nSPS) is 16.7. The number of aromatic nitrogens is 2. The molecule has 156 valence electrons. The third-order valence-corrected chi connectivity index (χ3v) is 5.08. The molecule has 0 bridgehead atoms. The highest BCUT2D eigenvalue weighted by atomic mass is 35.5. The Morgan fingerprint density at radius 2 is 2.14 bits per heavy atom. The van der Waals surface area contributed by atoms with Crippen LogP contribution in [0.25, 0.3) is 10.9 Å². The first-order chi connectivity index (χ1) is 13.9. The molecule has 0 radical (unpaired) electrons. The molecule has 0 atom stereocenters. The van der Waals surface area contributed by atoms with E-state index >= 15 is 0 Å². The molecule has 7 nitrogen and oxygen atoms in total. The van der Waals surface area contributed by atoms with Crippen molar-refractivity contribution in [2.45, 2.75) is 25.4 Å². The van der Waals surface area contributed by atoms with Gasteiger partial charge in [0.05, 0.1) is 28.0 Å². The third-order valence-electron chi connectivity index (χ3n) is 4.46. The van der Waals surface area contributed by atoms with Crippen LogP contribution in [-0.4, -0.2) is 52.4 Å². The fraction of sp³-hybridized carbons (Fsp3) is 0.389. The van der Waals surface area contributed by atoms with Gasteiger partial charge in [-0.3, -0.25) is 4.99 Å². The summed E-state index contributed by atoms with van der Waals surface area (Å²) < 4.78 is 24.6. The second-order valence-corrected chi connectivity index (χ2v) is 7.27. The Bertz CT molecular complexity index is 932. The van der Waals surface area contributed by atoms with Gasteiger partial charge in [0, 0.05) is 30.9 Å². The Hall–Kier alpha value is -2.23. The maximum Gasteiger partial charge on any atom is 0.257 e. The molecule has 4 N–H and O–H groups in total. The van der Waals surface area contributed by atoms with E-state index in [1.165, 1.54) is 0 Å². The molecule has 1 aromatic heterocycles. The molecule has 2 heterocycles. The number of benzene rings is 1. The van der Waals surface area contributed by atoms with E-state index in [1.54, 1.807) is 12.3 Å². The predicted molar refractivity (Wildman–Crippen MR) is 112 cm³/mol. The van der Waals surface area contributed by atoms with Crippen molar-refractivity contribution in [2.24, 2.45) is 10.7 Å². The molecular weight excluding hydrogens is 425 g/mol. The first-order valence-corrected chi connectivity index (χ1v) is 9.69. The van der Waals surface area contributed by atoms with E-state index in [9.17, 15) is 13.9 Å². The number of piperidine rings is 1. The van der Waals surface area contributed by atoms with Gasteiger partial charge in [-0.1, -0.05) is 23.2 Å². The molecule has 29 heavy (non-hydrogen) atoms. The molecule has 0 amide bonds. The number of hydrogen-bond acceptors (Lipinski definition) is 7. The van der Waals surface area contributed by atoms with Gasteiger partial charge < -0.3 is 21.1 Å². The molecule has 1 aliphatic rings. The molecule has 2 aromatic rings. The fourth-order valence-electron chi connectivity index (χ4n) is 2.97. The summed E-state index contributed by atoms with van der Waals surface area (Å²) in [6.45, 7) is 0.653. The van der Waals surface area contributed by atoms with Crippen LogP contribution in [0.3, 0.4) is 0 Å². The summed E-state index contributed by atoms with van der Waals surface area (Å²) in [6.07, 6.45) is 1.13. The van der Waals surface area contributed by atoms with Gasteiger partial charge in [-0.25, -0.2) is 18.7 Å². The van der Waals surface area contributed by atoms with E-state index < -0.39 is 13.0 Å². The number of rotatable bonds is 6. The molecule has 0 aliphatic carbocycles. The van der Waals surface area contributed by atoms with E-state index in [1.807, 2.05) is 6.07 Å². The standard InChI is InChI=1S/C18H20Cl2F2N6O/c19-12-5-10-8-25-18(27-14(7-23)17(20)24-9-16(21)22)26-13(10)6-15(12)28-3-1-11(29)2-4-28/h5-8,11,16,29H,1-4,9,23H2,(H,25,26,27)/b14-7+,24-17?. The molecule has 11 heteroatoms. The number of aliphatic hydroxyl groups is 1. The second kappa shape index (κ2) is 9.51. The summed E-state index contributed by atoms with van der Waals surface area (Å²) in [4.78, 5) is 14.3. The van der Waals surface area contributed by atoms with Crippen molar-refractivity contribution in [3.63, 3.8) is 0 Å². The highest BCUT2D eigenvalue weighted by molar-refractivity contribution is 6.69. The minimum atomic E-state index is -2.61. The Balaban J connectivity index is 1.85. The van der Waals surface area contributed by atoms with Gasteiger partial charge >= 0.3 is 0 Å². The topological polar surface area (TPSA) is 99.7 Å². The van der Waals surface area contributed by atoms with E-state index in [4.69, 9.17) is 28.9 Å². The van der Waals surface area contributed by atoms with Gasteiger partial charge in [0.15, 0.2) is 0 Å². The zero-order valence-electron chi connectivity index (χ0n) is 15.3. The zero-order chi connectivity index (χ0) is 21.0. The average molecular weight is 445 g/mol. The first-order valence-electron chi connectivity index (χ1n) is 8.94. The summed E-state index contributed by atoms with van der Waals surface area (Å²) in [5, 5.41) is 13.6. The van der Waals surface area contributed by atoms with Gasteiger partial charge in [-0.05, 0) is 25.0 Å². The minimum absolute atomic E-state index is 0.117. The SMILES string of the molecule is N/C=C(/Nc1ncc2cc(Cl)c(N3CCC(O)CC3)cc2n1)C(Cl)=NCC(F)F. The highest BCUT2D eigenvalue weighted by Crippen LogP contribution is 2.32. The summed E-state index contributed by atoms with van der Waals surface area (Å²) in [5.74, 6) is 0.182. The van der Waals surface area contributed by atoms with Crippen molar-refractivity contribution in [3.8, 4) is 0 Å². The van der Waals surface area contributed by atoms with Crippen LogP contribution >= 0.6 is 23.2 Å². The van der Waals surface area contributed by atoms with Crippen molar-refractivity contribution in [2.75, 3.05) is 29.9 Å².